The first-order chi connectivity index (χ1) is 11.7. The minimum absolute atomic E-state index is 0.0102. The van der Waals surface area contributed by atoms with Crippen molar-refractivity contribution in [2.24, 2.45) is 0 Å². The lowest BCUT2D eigenvalue weighted by Gasteiger charge is -2.06. The number of aromatic nitrogens is 1. The van der Waals surface area contributed by atoms with E-state index in [4.69, 9.17) is 9.47 Å². The summed E-state index contributed by atoms with van der Waals surface area (Å²) in [5, 5.41) is 0.814. The Morgan fingerprint density at radius 2 is 1.71 bits per heavy atom. The number of esters is 2. The van der Waals surface area contributed by atoms with Gasteiger partial charge in [0, 0.05) is 16.5 Å². The minimum Gasteiger partial charge on any atom is -0.469 e. The van der Waals surface area contributed by atoms with Crippen LogP contribution in [0.15, 0.2) is 54.6 Å². The summed E-state index contributed by atoms with van der Waals surface area (Å²) in [5.74, 6) is -0.897. The number of hydrogen-bond donors (Lipinski definition) is 1. The number of H-pyrrole nitrogens is 1. The van der Waals surface area contributed by atoms with Crippen LogP contribution >= 0.6 is 0 Å². The molecule has 0 unspecified atom stereocenters. The van der Waals surface area contributed by atoms with Crippen LogP contribution in [-0.2, 0) is 27.3 Å². The van der Waals surface area contributed by atoms with Crippen LogP contribution < -0.4 is 0 Å². The van der Waals surface area contributed by atoms with Gasteiger partial charge in [0.15, 0.2) is 0 Å². The topological polar surface area (TPSA) is 68.4 Å². The largest absolute Gasteiger partial charge is 0.469 e. The van der Waals surface area contributed by atoms with Crippen LogP contribution in [0, 0.1) is 0 Å². The predicted octanol–water partition coefficient (Wildman–Crippen LogP) is 3.24. The Balaban J connectivity index is 1.88. The lowest BCUT2D eigenvalue weighted by atomic mass is 10.1. The summed E-state index contributed by atoms with van der Waals surface area (Å²) in [6, 6.07) is 16.9. The molecule has 0 spiro atoms. The summed E-state index contributed by atoms with van der Waals surface area (Å²) in [5.41, 5.74) is 2.56. The van der Waals surface area contributed by atoms with Gasteiger partial charge in [-0.3, -0.25) is 4.79 Å². The van der Waals surface area contributed by atoms with Crippen LogP contribution in [0.5, 0.6) is 0 Å². The molecule has 3 rings (SSSR count). The number of methoxy groups -OCH3 is 1. The normalized spacial score (nSPS) is 10.5. The molecule has 24 heavy (non-hydrogen) atoms. The second kappa shape index (κ2) is 7.00. The number of nitrogens with one attached hydrogen (secondary N) is 1. The van der Waals surface area contributed by atoms with Crippen molar-refractivity contribution in [2.45, 2.75) is 13.0 Å². The minimum atomic E-state index is -0.492. The second-order valence-corrected chi connectivity index (χ2v) is 5.34. The van der Waals surface area contributed by atoms with Crippen molar-refractivity contribution in [1.29, 1.82) is 0 Å². The van der Waals surface area contributed by atoms with E-state index in [2.05, 4.69) is 4.98 Å². The van der Waals surface area contributed by atoms with Crippen molar-refractivity contribution < 1.29 is 19.1 Å². The number of para-hydroxylation sites is 1. The molecule has 1 heterocycles. The van der Waals surface area contributed by atoms with E-state index in [1.54, 1.807) is 0 Å². The van der Waals surface area contributed by atoms with Gasteiger partial charge in [0.2, 0.25) is 0 Å². The van der Waals surface area contributed by atoms with Crippen molar-refractivity contribution >= 4 is 22.8 Å². The molecule has 0 amide bonds. The molecule has 0 saturated carbocycles. The van der Waals surface area contributed by atoms with Gasteiger partial charge >= 0.3 is 11.9 Å². The van der Waals surface area contributed by atoms with E-state index in [9.17, 15) is 9.59 Å². The van der Waals surface area contributed by atoms with Crippen molar-refractivity contribution in [3.05, 3.63) is 71.4 Å². The quantitative estimate of drug-likeness (QED) is 0.732. The number of rotatable bonds is 5. The third kappa shape index (κ3) is 3.30. The van der Waals surface area contributed by atoms with E-state index in [0.29, 0.717) is 5.56 Å². The highest BCUT2D eigenvalue weighted by Gasteiger charge is 2.21. The number of ether oxygens (including phenoxy) is 2. The van der Waals surface area contributed by atoms with Gasteiger partial charge in [0.1, 0.15) is 12.3 Å². The molecule has 0 aliphatic carbocycles. The van der Waals surface area contributed by atoms with Crippen LogP contribution in [0.25, 0.3) is 10.9 Å². The summed E-state index contributed by atoms with van der Waals surface area (Å²) in [6.07, 6.45) is 0.0102. The van der Waals surface area contributed by atoms with Crippen LogP contribution in [0.2, 0.25) is 0 Å². The molecule has 3 aromatic rings. The van der Waals surface area contributed by atoms with E-state index >= 15 is 0 Å². The maximum Gasteiger partial charge on any atom is 0.355 e. The van der Waals surface area contributed by atoms with E-state index in [-0.39, 0.29) is 18.7 Å². The monoisotopic (exact) mass is 323 g/mol. The van der Waals surface area contributed by atoms with Gasteiger partial charge < -0.3 is 14.5 Å². The summed E-state index contributed by atoms with van der Waals surface area (Å²) < 4.78 is 10.1. The van der Waals surface area contributed by atoms with Gasteiger partial charge in [0.05, 0.1) is 13.5 Å². The van der Waals surface area contributed by atoms with Gasteiger partial charge in [-0.25, -0.2) is 4.79 Å². The number of benzene rings is 2. The van der Waals surface area contributed by atoms with Gasteiger partial charge in [0.25, 0.3) is 0 Å². The van der Waals surface area contributed by atoms with Crippen molar-refractivity contribution in [3.8, 4) is 0 Å². The Bertz CT molecular complexity index is 867. The third-order valence-electron chi connectivity index (χ3n) is 3.78. The molecular weight excluding hydrogens is 306 g/mol. The molecule has 1 aromatic heterocycles. The average molecular weight is 323 g/mol. The van der Waals surface area contributed by atoms with Crippen LogP contribution in [0.1, 0.15) is 21.6 Å². The first-order valence-electron chi connectivity index (χ1n) is 7.56. The van der Waals surface area contributed by atoms with Gasteiger partial charge in [-0.2, -0.15) is 0 Å². The predicted molar refractivity (Wildman–Crippen MR) is 89.6 cm³/mol. The molecule has 0 radical (unpaired) electrons. The van der Waals surface area contributed by atoms with Gasteiger partial charge in [-0.1, -0.05) is 48.5 Å². The lowest BCUT2D eigenvalue weighted by molar-refractivity contribution is -0.139. The fraction of sp³-hybridized carbons (Fsp3) is 0.158. The molecule has 0 aliphatic heterocycles. The second-order valence-electron chi connectivity index (χ2n) is 5.34. The van der Waals surface area contributed by atoms with Crippen LogP contribution in [0.3, 0.4) is 0 Å². The highest BCUT2D eigenvalue weighted by Crippen LogP contribution is 2.24. The molecular formula is C19H17NO4. The zero-order chi connectivity index (χ0) is 16.9. The van der Waals surface area contributed by atoms with E-state index in [0.717, 1.165) is 16.5 Å². The third-order valence-corrected chi connectivity index (χ3v) is 3.78. The lowest BCUT2D eigenvalue weighted by Crippen LogP contribution is -2.12. The first kappa shape index (κ1) is 15.8. The van der Waals surface area contributed by atoms with E-state index in [1.807, 2.05) is 54.6 Å². The van der Waals surface area contributed by atoms with Crippen LogP contribution in [-0.4, -0.2) is 24.0 Å². The summed E-state index contributed by atoms with van der Waals surface area (Å²) >= 11 is 0. The van der Waals surface area contributed by atoms with Gasteiger partial charge in [-0.15, -0.1) is 0 Å². The molecule has 0 aliphatic rings. The number of aromatic amines is 1. The molecule has 2 aromatic carbocycles. The first-order valence-corrected chi connectivity index (χ1v) is 7.56. The van der Waals surface area contributed by atoms with Crippen molar-refractivity contribution in [3.63, 3.8) is 0 Å². The Hall–Kier alpha value is -3.08. The van der Waals surface area contributed by atoms with E-state index in [1.165, 1.54) is 7.11 Å². The maximum absolute atomic E-state index is 12.5. The number of fused-ring (bicyclic) bond motifs is 1. The molecule has 5 heteroatoms. The average Bonchev–Trinajstić information content (AvgIpc) is 2.99. The van der Waals surface area contributed by atoms with Gasteiger partial charge in [-0.05, 0) is 11.6 Å². The molecule has 0 bridgehead atoms. The SMILES string of the molecule is COC(=O)Cc1c(C(=O)OCc2ccccc2)[nH]c2ccccc12. The van der Waals surface area contributed by atoms with E-state index < -0.39 is 11.9 Å². The van der Waals surface area contributed by atoms with Crippen molar-refractivity contribution in [1.82, 2.24) is 4.98 Å². The Labute approximate surface area is 139 Å². The summed E-state index contributed by atoms with van der Waals surface area (Å²) in [7, 11) is 1.32. The number of carbonyl (C=O) groups is 2. The Morgan fingerprint density at radius 1 is 1.00 bits per heavy atom. The molecule has 0 atom stereocenters. The number of hydrogen-bond acceptors (Lipinski definition) is 4. The molecule has 0 fully saturated rings. The van der Waals surface area contributed by atoms with Crippen LogP contribution in [0.4, 0.5) is 0 Å². The highest BCUT2D eigenvalue weighted by molar-refractivity contribution is 6.00. The smallest absolute Gasteiger partial charge is 0.355 e. The summed E-state index contributed by atoms with van der Waals surface area (Å²) in [4.78, 5) is 27.2. The highest BCUT2D eigenvalue weighted by atomic mass is 16.5. The Morgan fingerprint density at radius 3 is 2.46 bits per heavy atom. The van der Waals surface area contributed by atoms with Crippen molar-refractivity contribution in [2.75, 3.05) is 7.11 Å². The molecule has 1 N–H and O–H groups in total. The fourth-order valence-electron chi connectivity index (χ4n) is 2.57. The summed E-state index contributed by atoms with van der Waals surface area (Å²) in [6.45, 7) is 0.173. The zero-order valence-electron chi connectivity index (χ0n) is 13.2. The molecule has 5 nitrogen and oxygen atoms in total. The molecule has 0 saturated heterocycles. The molecule has 122 valence electrons. The standard InChI is InChI=1S/C19H17NO4/c1-23-17(21)11-15-14-9-5-6-10-16(14)20-18(15)19(22)24-12-13-7-3-2-4-8-13/h2-10,20H,11-12H2,1H3. The maximum atomic E-state index is 12.5. The number of carbonyl (C=O) groups excluding carboxylic acids is 2. The zero-order valence-corrected chi connectivity index (χ0v) is 13.2. The fourth-order valence-corrected chi connectivity index (χ4v) is 2.57. The Kier molecular flexibility index (Phi) is 4.61.